The normalized spacial score (nSPS) is 9.50. The van der Waals surface area contributed by atoms with E-state index in [-0.39, 0.29) is 0 Å². The summed E-state index contributed by atoms with van der Waals surface area (Å²) in [5.74, 6) is 2.91. The summed E-state index contributed by atoms with van der Waals surface area (Å²) in [6.07, 6.45) is 0.994. The van der Waals surface area contributed by atoms with Crippen LogP contribution in [0.4, 0.5) is 0 Å². The van der Waals surface area contributed by atoms with E-state index >= 15 is 0 Å². The molecule has 0 amide bonds. The van der Waals surface area contributed by atoms with Gasteiger partial charge in [0.2, 0.25) is 0 Å². The monoisotopic (exact) mass is 168 g/mol. The second-order valence-electron chi connectivity index (χ2n) is 3.60. The molecule has 0 aromatic carbocycles. The first kappa shape index (κ1) is 11.3. The largest absolute Gasteiger partial charge is 0.466 e. The van der Waals surface area contributed by atoms with Crippen molar-refractivity contribution in [1.29, 1.82) is 0 Å². The van der Waals surface area contributed by atoms with E-state index < -0.39 is 0 Å². The van der Waals surface area contributed by atoms with Crippen LogP contribution >= 0.6 is 0 Å². The highest BCUT2D eigenvalue weighted by atomic mass is 16.3. The molecule has 0 saturated heterocycles. The van der Waals surface area contributed by atoms with Crippen LogP contribution in [-0.4, -0.2) is 0 Å². The molecular weight excluding hydrogens is 148 g/mol. The van der Waals surface area contributed by atoms with Crippen molar-refractivity contribution < 1.29 is 4.42 Å². The van der Waals surface area contributed by atoms with Crippen molar-refractivity contribution in [1.82, 2.24) is 0 Å². The molecule has 0 fully saturated rings. The number of furan rings is 1. The highest BCUT2D eigenvalue weighted by molar-refractivity contribution is 5.04. The molecule has 0 spiro atoms. The van der Waals surface area contributed by atoms with Gasteiger partial charge < -0.3 is 4.42 Å². The quantitative estimate of drug-likeness (QED) is 0.621. The molecule has 0 atom stereocenters. The molecule has 1 aromatic rings. The summed E-state index contributed by atoms with van der Waals surface area (Å²) in [6.45, 7) is 10.5. The Morgan fingerprint density at radius 2 is 1.75 bits per heavy atom. The Labute approximate surface area is 75.8 Å². The van der Waals surface area contributed by atoms with Gasteiger partial charge in [0, 0.05) is 6.42 Å². The van der Waals surface area contributed by atoms with Gasteiger partial charge in [0.25, 0.3) is 0 Å². The molecule has 0 N–H and O–H groups in total. The van der Waals surface area contributed by atoms with E-state index in [9.17, 15) is 0 Å². The Morgan fingerprint density at radius 3 is 1.92 bits per heavy atom. The summed E-state index contributed by atoms with van der Waals surface area (Å²) >= 11 is 0. The summed E-state index contributed by atoms with van der Waals surface area (Å²) in [5.41, 5.74) is 0. The van der Waals surface area contributed by atoms with Crippen molar-refractivity contribution in [3.05, 3.63) is 23.7 Å². The van der Waals surface area contributed by atoms with Crippen molar-refractivity contribution in [2.45, 2.75) is 41.0 Å². The minimum atomic E-state index is 0.833. The zero-order valence-electron chi connectivity index (χ0n) is 8.85. The molecule has 70 valence electrons. The Hall–Kier alpha value is -0.720. The van der Waals surface area contributed by atoms with Gasteiger partial charge in [-0.1, -0.05) is 27.7 Å². The van der Waals surface area contributed by atoms with Gasteiger partial charge in [0.1, 0.15) is 11.5 Å². The minimum Gasteiger partial charge on any atom is -0.466 e. The maximum Gasteiger partial charge on any atom is 0.103 e. The topological polar surface area (TPSA) is 13.1 Å². The van der Waals surface area contributed by atoms with E-state index in [0.717, 1.165) is 23.9 Å². The third kappa shape index (κ3) is 6.02. The molecule has 1 heterocycles. The highest BCUT2D eigenvalue weighted by Gasteiger charge is 1.91. The molecular formula is C11H20O. The van der Waals surface area contributed by atoms with Crippen LogP contribution in [0, 0.1) is 12.8 Å². The lowest BCUT2D eigenvalue weighted by Gasteiger charge is -1.83. The first-order valence-corrected chi connectivity index (χ1v) is 4.61. The molecule has 1 aromatic heterocycles. The lowest BCUT2D eigenvalue weighted by molar-refractivity contribution is 0.489. The van der Waals surface area contributed by atoms with Gasteiger partial charge >= 0.3 is 0 Å². The summed E-state index contributed by atoms with van der Waals surface area (Å²) in [6, 6.07) is 3.99. The molecule has 12 heavy (non-hydrogen) atoms. The van der Waals surface area contributed by atoms with Crippen molar-refractivity contribution in [2.24, 2.45) is 5.92 Å². The van der Waals surface area contributed by atoms with Gasteiger partial charge in [-0.15, -0.1) is 0 Å². The Bertz CT molecular complexity index is 196. The van der Waals surface area contributed by atoms with Crippen LogP contribution in [0.2, 0.25) is 0 Å². The number of hydrogen-bond acceptors (Lipinski definition) is 1. The predicted octanol–water partition coefficient (Wildman–Crippen LogP) is 3.81. The van der Waals surface area contributed by atoms with Gasteiger partial charge in [-0.05, 0) is 25.0 Å². The van der Waals surface area contributed by atoms with Gasteiger partial charge in [-0.3, -0.25) is 0 Å². The van der Waals surface area contributed by atoms with Crippen LogP contribution in [0.15, 0.2) is 16.5 Å². The molecule has 0 aliphatic heterocycles. The van der Waals surface area contributed by atoms with E-state index in [1.165, 1.54) is 0 Å². The van der Waals surface area contributed by atoms with Crippen molar-refractivity contribution in [2.75, 3.05) is 0 Å². The smallest absolute Gasteiger partial charge is 0.103 e. The maximum atomic E-state index is 5.23. The summed E-state index contributed by atoms with van der Waals surface area (Å²) in [7, 11) is 0. The van der Waals surface area contributed by atoms with E-state index in [2.05, 4.69) is 27.7 Å². The standard InChI is InChI=1S/C7H10O.C4H10/c1-3-7-5-4-6(2)8-7;1-4(2)3/h4-5H,3H2,1-2H3;4H,1-3H3. The lowest BCUT2D eigenvalue weighted by atomic mass is 10.3. The average Bonchev–Trinajstić information content (AvgIpc) is 2.34. The SMILES string of the molecule is CC(C)C.CCc1ccc(C)o1. The number of hydrogen-bond donors (Lipinski definition) is 0. The second kappa shape index (κ2) is 5.87. The summed E-state index contributed by atoms with van der Waals surface area (Å²) in [5, 5.41) is 0. The first-order valence-electron chi connectivity index (χ1n) is 4.61. The van der Waals surface area contributed by atoms with Crippen LogP contribution in [0.3, 0.4) is 0 Å². The van der Waals surface area contributed by atoms with Crippen LogP contribution < -0.4 is 0 Å². The molecule has 1 nitrogen and oxygen atoms in total. The summed E-state index contributed by atoms with van der Waals surface area (Å²) in [4.78, 5) is 0. The predicted molar refractivity (Wildman–Crippen MR) is 53.3 cm³/mol. The third-order valence-electron chi connectivity index (χ3n) is 1.14. The fourth-order valence-corrected chi connectivity index (χ4v) is 0.675. The molecule has 0 saturated carbocycles. The Balaban J connectivity index is 0.000000261. The number of rotatable bonds is 1. The van der Waals surface area contributed by atoms with Crippen LogP contribution in [0.25, 0.3) is 0 Å². The van der Waals surface area contributed by atoms with Crippen LogP contribution in [0.5, 0.6) is 0 Å². The third-order valence-corrected chi connectivity index (χ3v) is 1.14. The van der Waals surface area contributed by atoms with E-state index in [4.69, 9.17) is 4.42 Å². The van der Waals surface area contributed by atoms with E-state index in [1.54, 1.807) is 0 Å². The van der Waals surface area contributed by atoms with Crippen LogP contribution in [-0.2, 0) is 6.42 Å². The van der Waals surface area contributed by atoms with Crippen molar-refractivity contribution in [3.8, 4) is 0 Å². The number of aryl methyl sites for hydroxylation is 2. The molecule has 1 heteroatoms. The zero-order chi connectivity index (χ0) is 9.56. The van der Waals surface area contributed by atoms with Crippen molar-refractivity contribution in [3.63, 3.8) is 0 Å². The lowest BCUT2D eigenvalue weighted by Crippen LogP contribution is -1.67. The van der Waals surface area contributed by atoms with Crippen molar-refractivity contribution >= 4 is 0 Å². The fraction of sp³-hybridized carbons (Fsp3) is 0.636. The Morgan fingerprint density at radius 1 is 1.25 bits per heavy atom. The molecule has 0 radical (unpaired) electrons. The summed E-state index contributed by atoms with van der Waals surface area (Å²) < 4.78 is 5.23. The van der Waals surface area contributed by atoms with Gasteiger partial charge in [-0.25, -0.2) is 0 Å². The molecule has 0 aliphatic rings. The van der Waals surface area contributed by atoms with Gasteiger partial charge in [0.15, 0.2) is 0 Å². The molecule has 0 bridgehead atoms. The van der Waals surface area contributed by atoms with Gasteiger partial charge in [0.05, 0.1) is 0 Å². The van der Waals surface area contributed by atoms with Crippen LogP contribution in [0.1, 0.15) is 39.2 Å². The zero-order valence-corrected chi connectivity index (χ0v) is 8.85. The first-order chi connectivity index (χ1) is 5.56. The minimum absolute atomic E-state index is 0.833. The average molecular weight is 168 g/mol. The molecule has 1 rings (SSSR count). The maximum absolute atomic E-state index is 5.23. The van der Waals surface area contributed by atoms with E-state index in [0.29, 0.717) is 0 Å². The molecule has 0 aliphatic carbocycles. The highest BCUT2D eigenvalue weighted by Crippen LogP contribution is 2.05. The van der Waals surface area contributed by atoms with E-state index in [1.807, 2.05) is 19.1 Å². The molecule has 0 unspecified atom stereocenters. The fourth-order valence-electron chi connectivity index (χ4n) is 0.675. The second-order valence-corrected chi connectivity index (χ2v) is 3.60. The van der Waals surface area contributed by atoms with Gasteiger partial charge in [-0.2, -0.15) is 0 Å². The Kier molecular flexibility index (Phi) is 5.52.